The summed E-state index contributed by atoms with van der Waals surface area (Å²) in [7, 11) is 0. The molecule has 0 aliphatic heterocycles. The molecular formula is C50H32N2O. The Morgan fingerprint density at radius 1 is 0.377 bits per heavy atom. The molecule has 0 amide bonds. The molecule has 0 spiro atoms. The maximum atomic E-state index is 6.91. The van der Waals surface area contributed by atoms with Crippen molar-refractivity contribution >= 4 is 82.4 Å². The predicted molar refractivity (Wildman–Crippen MR) is 223 cm³/mol. The fourth-order valence-electron chi connectivity index (χ4n) is 8.42. The van der Waals surface area contributed by atoms with Gasteiger partial charge in [-0.05, 0) is 81.7 Å². The Hall–Kier alpha value is -7.10. The van der Waals surface area contributed by atoms with Crippen LogP contribution in [0, 0.1) is 0 Å². The fourth-order valence-corrected chi connectivity index (χ4v) is 8.42. The summed E-state index contributed by atoms with van der Waals surface area (Å²) < 4.78 is 9.34. The minimum atomic E-state index is 0.852. The third-order valence-electron chi connectivity index (χ3n) is 10.7. The highest BCUT2D eigenvalue weighted by atomic mass is 16.3. The maximum absolute atomic E-state index is 6.91. The van der Waals surface area contributed by atoms with Gasteiger partial charge < -0.3 is 13.9 Å². The van der Waals surface area contributed by atoms with Gasteiger partial charge in [-0.3, -0.25) is 0 Å². The SMILES string of the molecule is c1ccc(N(c2ccc3ccccc3c2)c2cc(-c3cccc4c5ccccc5n(-c5ccccc5)c34)c3c(c2)oc2ccc4ccccc4c23)cc1. The lowest BCUT2D eigenvalue weighted by atomic mass is 9.94. The van der Waals surface area contributed by atoms with Crippen LogP contribution in [0.15, 0.2) is 199 Å². The molecule has 53 heavy (non-hydrogen) atoms. The number of hydrogen-bond donors (Lipinski definition) is 0. The van der Waals surface area contributed by atoms with Crippen LogP contribution in [0.1, 0.15) is 0 Å². The summed E-state index contributed by atoms with van der Waals surface area (Å²) in [5.74, 6) is 0. The van der Waals surface area contributed by atoms with E-state index in [1.807, 2.05) is 0 Å². The van der Waals surface area contributed by atoms with Crippen molar-refractivity contribution < 1.29 is 4.42 Å². The van der Waals surface area contributed by atoms with Crippen LogP contribution in [0.2, 0.25) is 0 Å². The molecule has 0 saturated heterocycles. The number of aromatic nitrogens is 1. The molecule has 248 valence electrons. The van der Waals surface area contributed by atoms with Crippen molar-refractivity contribution in [1.29, 1.82) is 0 Å². The first-order valence-electron chi connectivity index (χ1n) is 18.1. The Morgan fingerprint density at radius 2 is 1.06 bits per heavy atom. The summed E-state index contributed by atoms with van der Waals surface area (Å²) in [6.07, 6.45) is 0. The van der Waals surface area contributed by atoms with Crippen LogP contribution in [0.4, 0.5) is 17.1 Å². The third-order valence-corrected chi connectivity index (χ3v) is 10.7. The van der Waals surface area contributed by atoms with E-state index in [0.717, 1.165) is 55.8 Å². The average molecular weight is 677 g/mol. The number of furan rings is 1. The molecule has 0 bridgehead atoms. The maximum Gasteiger partial charge on any atom is 0.138 e. The second-order valence-corrected chi connectivity index (χ2v) is 13.7. The van der Waals surface area contributed by atoms with Crippen molar-refractivity contribution in [3.05, 3.63) is 194 Å². The number of anilines is 3. The highest BCUT2D eigenvalue weighted by molar-refractivity contribution is 6.25. The van der Waals surface area contributed by atoms with Crippen LogP contribution < -0.4 is 4.90 Å². The summed E-state index contributed by atoms with van der Waals surface area (Å²) in [6.45, 7) is 0. The highest BCUT2D eigenvalue weighted by Gasteiger charge is 2.24. The van der Waals surface area contributed by atoms with E-state index in [1.54, 1.807) is 0 Å². The number of hydrogen-bond acceptors (Lipinski definition) is 2. The summed E-state index contributed by atoms with van der Waals surface area (Å²) in [6, 6.07) is 69.7. The zero-order valence-corrected chi connectivity index (χ0v) is 28.8. The van der Waals surface area contributed by atoms with E-state index >= 15 is 0 Å². The summed E-state index contributed by atoms with van der Waals surface area (Å²) in [5, 5.41) is 9.47. The summed E-state index contributed by atoms with van der Waals surface area (Å²) >= 11 is 0. The first kappa shape index (κ1) is 29.6. The van der Waals surface area contributed by atoms with E-state index in [2.05, 4.69) is 204 Å². The van der Waals surface area contributed by atoms with Gasteiger partial charge in [-0.2, -0.15) is 0 Å². The quantitative estimate of drug-likeness (QED) is 0.181. The molecule has 2 aromatic heterocycles. The average Bonchev–Trinajstić information content (AvgIpc) is 3.78. The van der Waals surface area contributed by atoms with Crippen LogP contribution in [0.25, 0.3) is 82.1 Å². The number of benzene rings is 9. The van der Waals surface area contributed by atoms with E-state index in [9.17, 15) is 0 Å². The summed E-state index contributed by atoms with van der Waals surface area (Å²) in [4.78, 5) is 2.35. The molecule has 3 nitrogen and oxygen atoms in total. The van der Waals surface area contributed by atoms with E-state index < -0.39 is 0 Å². The van der Waals surface area contributed by atoms with E-state index in [1.165, 1.54) is 43.4 Å². The molecule has 0 radical (unpaired) electrons. The largest absolute Gasteiger partial charge is 0.456 e. The van der Waals surface area contributed by atoms with Crippen molar-refractivity contribution in [3.8, 4) is 16.8 Å². The second kappa shape index (κ2) is 11.7. The van der Waals surface area contributed by atoms with Crippen molar-refractivity contribution in [2.24, 2.45) is 0 Å². The molecule has 0 atom stereocenters. The standard InChI is InChI=1S/C50H32N2O/c1-3-17-36(18-4-1)51(38-28-26-33-14-7-8-16-35(33)30-38)39-31-44(49-47(32-39)53-46-29-27-34-15-9-10-21-40(34)48(46)49)43-24-13-23-42-41-22-11-12-25-45(41)52(50(42)43)37-19-5-2-6-20-37/h1-32H. The molecule has 2 heterocycles. The lowest BCUT2D eigenvalue weighted by molar-refractivity contribution is 0.669. The lowest BCUT2D eigenvalue weighted by Crippen LogP contribution is -2.10. The first-order valence-corrected chi connectivity index (χ1v) is 18.1. The second-order valence-electron chi connectivity index (χ2n) is 13.7. The molecule has 0 unspecified atom stereocenters. The Labute approximate surface area is 306 Å². The van der Waals surface area contributed by atoms with Crippen LogP contribution in [-0.4, -0.2) is 4.57 Å². The molecule has 0 aliphatic carbocycles. The van der Waals surface area contributed by atoms with Crippen LogP contribution in [0.3, 0.4) is 0 Å². The smallest absolute Gasteiger partial charge is 0.138 e. The van der Waals surface area contributed by atoms with Gasteiger partial charge in [-0.1, -0.05) is 133 Å². The zero-order valence-electron chi connectivity index (χ0n) is 28.8. The molecule has 0 fully saturated rings. The van der Waals surface area contributed by atoms with Gasteiger partial charge in [0.25, 0.3) is 0 Å². The Balaban J connectivity index is 1.30. The van der Waals surface area contributed by atoms with Crippen molar-refractivity contribution in [2.45, 2.75) is 0 Å². The number of rotatable bonds is 5. The number of nitrogens with zero attached hydrogens (tertiary/aromatic N) is 2. The molecule has 11 aromatic rings. The van der Waals surface area contributed by atoms with Gasteiger partial charge in [0.2, 0.25) is 0 Å². The van der Waals surface area contributed by atoms with E-state index in [-0.39, 0.29) is 0 Å². The van der Waals surface area contributed by atoms with Crippen LogP contribution >= 0.6 is 0 Å². The fraction of sp³-hybridized carbons (Fsp3) is 0. The number of para-hydroxylation sites is 4. The van der Waals surface area contributed by atoms with Crippen LogP contribution in [-0.2, 0) is 0 Å². The van der Waals surface area contributed by atoms with Gasteiger partial charge in [0.05, 0.1) is 16.7 Å². The molecule has 11 rings (SSSR count). The molecule has 9 aromatic carbocycles. The molecule has 0 aliphatic rings. The summed E-state index contributed by atoms with van der Waals surface area (Å²) in [5.41, 5.74) is 10.7. The van der Waals surface area contributed by atoms with Gasteiger partial charge in [0.1, 0.15) is 11.2 Å². The minimum absolute atomic E-state index is 0.852. The van der Waals surface area contributed by atoms with Gasteiger partial charge in [0.15, 0.2) is 0 Å². The van der Waals surface area contributed by atoms with Crippen molar-refractivity contribution in [1.82, 2.24) is 4.57 Å². The Morgan fingerprint density at radius 3 is 1.91 bits per heavy atom. The van der Waals surface area contributed by atoms with Crippen molar-refractivity contribution in [3.63, 3.8) is 0 Å². The predicted octanol–water partition coefficient (Wildman–Crippen LogP) is 14.1. The van der Waals surface area contributed by atoms with Crippen LogP contribution in [0.5, 0.6) is 0 Å². The molecule has 0 N–H and O–H groups in total. The van der Waals surface area contributed by atoms with E-state index in [0.29, 0.717) is 0 Å². The van der Waals surface area contributed by atoms with Gasteiger partial charge >= 0.3 is 0 Å². The molecule has 0 saturated carbocycles. The highest BCUT2D eigenvalue weighted by Crippen LogP contribution is 2.48. The first-order chi connectivity index (χ1) is 26.3. The zero-order chi connectivity index (χ0) is 34.9. The Kier molecular flexibility index (Phi) is 6.55. The molecular weight excluding hydrogens is 645 g/mol. The lowest BCUT2D eigenvalue weighted by Gasteiger charge is -2.26. The van der Waals surface area contributed by atoms with Gasteiger partial charge in [-0.25, -0.2) is 0 Å². The third kappa shape index (κ3) is 4.61. The monoisotopic (exact) mass is 676 g/mol. The number of fused-ring (bicyclic) bond motifs is 9. The van der Waals surface area contributed by atoms with E-state index in [4.69, 9.17) is 4.42 Å². The normalized spacial score (nSPS) is 11.8. The van der Waals surface area contributed by atoms with Gasteiger partial charge in [-0.15, -0.1) is 0 Å². The molecule has 3 heteroatoms. The van der Waals surface area contributed by atoms with Crippen molar-refractivity contribution in [2.75, 3.05) is 4.90 Å². The Bertz CT molecular complexity index is 3170. The van der Waals surface area contributed by atoms with Gasteiger partial charge in [0, 0.05) is 50.2 Å². The minimum Gasteiger partial charge on any atom is -0.456 e. The topological polar surface area (TPSA) is 21.3 Å².